The average molecular weight is 480 g/mol. The molecule has 0 bridgehead atoms. The zero-order valence-electron chi connectivity index (χ0n) is 20.9. The molecule has 1 aliphatic heterocycles. The number of hydrogen-bond acceptors (Lipinski definition) is 4. The number of amides is 2. The molecule has 2 aliphatic rings. The van der Waals surface area contributed by atoms with Gasteiger partial charge in [0.1, 0.15) is 11.1 Å². The first-order valence-electron chi connectivity index (χ1n) is 12.8. The molecule has 2 heterocycles. The summed E-state index contributed by atoms with van der Waals surface area (Å²) in [5.41, 5.74) is 0.668. The number of benzene rings is 1. The number of rotatable bonds is 8. The predicted octanol–water partition coefficient (Wildman–Crippen LogP) is 3.61. The molecule has 4 rings (SSSR count). The fraction of sp³-hybridized carbons (Fsp3) is 0.536. The summed E-state index contributed by atoms with van der Waals surface area (Å²) in [6.45, 7) is 4.71. The Balaban J connectivity index is 1.60. The Morgan fingerprint density at radius 1 is 1.09 bits per heavy atom. The highest BCUT2D eigenvalue weighted by atomic mass is 16.5. The van der Waals surface area contributed by atoms with Gasteiger partial charge in [-0.2, -0.15) is 0 Å². The molecular weight excluding hydrogens is 442 g/mol. The van der Waals surface area contributed by atoms with Crippen molar-refractivity contribution in [3.8, 4) is 0 Å². The quantitative estimate of drug-likeness (QED) is 0.627. The highest BCUT2D eigenvalue weighted by molar-refractivity contribution is 5.99. The second kappa shape index (κ2) is 11.2. The molecule has 1 aromatic carbocycles. The maximum Gasteiger partial charge on any atom is 0.259 e. The Labute approximate surface area is 207 Å². The van der Waals surface area contributed by atoms with Crippen LogP contribution in [0.4, 0.5) is 0 Å². The normalized spacial score (nSPS) is 19.5. The number of nitrogens with one attached hydrogen (secondary N) is 1. The van der Waals surface area contributed by atoms with Gasteiger partial charge in [0.25, 0.3) is 11.8 Å². The standard InChI is InChI=1S/C28H37N3O4/c1-21-9-8-14-31(17-21)27(34)24-19-30(15-16-35-2)18-23(25(24)32)26(33)29-20-28(12-6-7-13-28)22-10-4-3-5-11-22/h3-5,10-11,18-19,21H,6-9,12-17,20H2,1-2H3,(H,29,33)/t21-/m1/s1. The van der Waals surface area contributed by atoms with E-state index >= 15 is 0 Å². The molecular formula is C28H37N3O4. The monoisotopic (exact) mass is 479 g/mol. The number of aromatic nitrogens is 1. The van der Waals surface area contributed by atoms with Crippen LogP contribution in [0.15, 0.2) is 47.5 Å². The van der Waals surface area contributed by atoms with Gasteiger partial charge in [0, 0.05) is 51.1 Å². The third-order valence-electron chi connectivity index (χ3n) is 7.59. The molecule has 35 heavy (non-hydrogen) atoms. The highest BCUT2D eigenvalue weighted by Crippen LogP contribution is 2.40. The van der Waals surface area contributed by atoms with Gasteiger partial charge < -0.3 is 19.5 Å². The van der Waals surface area contributed by atoms with Crippen molar-refractivity contribution in [3.63, 3.8) is 0 Å². The second-order valence-corrected chi connectivity index (χ2v) is 10.2. The fourth-order valence-electron chi connectivity index (χ4n) is 5.57. The Morgan fingerprint density at radius 3 is 2.49 bits per heavy atom. The molecule has 2 fully saturated rings. The molecule has 0 unspecified atom stereocenters. The molecule has 1 N–H and O–H groups in total. The topological polar surface area (TPSA) is 80.6 Å². The van der Waals surface area contributed by atoms with Crippen molar-refractivity contribution in [2.45, 2.75) is 57.4 Å². The van der Waals surface area contributed by atoms with Gasteiger partial charge in [0.05, 0.1) is 6.61 Å². The van der Waals surface area contributed by atoms with Crippen LogP contribution in [0.25, 0.3) is 0 Å². The lowest BCUT2D eigenvalue weighted by Gasteiger charge is -2.31. The third kappa shape index (κ3) is 5.67. The van der Waals surface area contributed by atoms with Crippen LogP contribution >= 0.6 is 0 Å². The van der Waals surface area contributed by atoms with E-state index in [9.17, 15) is 14.4 Å². The molecule has 2 amide bonds. The van der Waals surface area contributed by atoms with Crippen molar-refractivity contribution in [2.75, 3.05) is 33.4 Å². The average Bonchev–Trinajstić information content (AvgIpc) is 3.37. The van der Waals surface area contributed by atoms with Gasteiger partial charge in [-0.3, -0.25) is 14.4 Å². The maximum atomic E-state index is 13.4. The van der Waals surface area contributed by atoms with E-state index in [0.29, 0.717) is 38.7 Å². The number of pyridine rings is 1. The molecule has 2 aromatic rings. The number of piperidine rings is 1. The molecule has 7 nitrogen and oxygen atoms in total. The van der Waals surface area contributed by atoms with Crippen molar-refractivity contribution < 1.29 is 14.3 Å². The Kier molecular flexibility index (Phi) is 8.06. The summed E-state index contributed by atoms with van der Waals surface area (Å²) in [7, 11) is 1.60. The van der Waals surface area contributed by atoms with Gasteiger partial charge in [0.15, 0.2) is 0 Å². The number of likely N-dealkylation sites (tertiary alicyclic amines) is 1. The van der Waals surface area contributed by atoms with E-state index in [-0.39, 0.29) is 22.4 Å². The van der Waals surface area contributed by atoms with Gasteiger partial charge in [-0.05, 0) is 37.2 Å². The summed E-state index contributed by atoms with van der Waals surface area (Å²) in [5, 5.41) is 3.05. The Morgan fingerprint density at radius 2 is 1.80 bits per heavy atom. The number of ether oxygens (including phenoxy) is 1. The van der Waals surface area contributed by atoms with E-state index in [0.717, 1.165) is 38.5 Å². The largest absolute Gasteiger partial charge is 0.383 e. The van der Waals surface area contributed by atoms with Gasteiger partial charge in [0.2, 0.25) is 5.43 Å². The number of nitrogens with zero attached hydrogens (tertiary/aromatic N) is 2. The molecule has 1 atom stereocenters. The minimum absolute atomic E-state index is 0.0122. The minimum Gasteiger partial charge on any atom is -0.383 e. The Hall–Kier alpha value is -2.93. The van der Waals surface area contributed by atoms with Gasteiger partial charge in [-0.25, -0.2) is 0 Å². The van der Waals surface area contributed by atoms with Crippen molar-refractivity contribution in [1.29, 1.82) is 0 Å². The summed E-state index contributed by atoms with van der Waals surface area (Å²) in [6.07, 6.45) is 9.36. The van der Waals surface area contributed by atoms with Crippen molar-refractivity contribution in [2.24, 2.45) is 5.92 Å². The molecule has 0 radical (unpaired) electrons. The van der Waals surface area contributed by atoms with E-state index in [4.69, 9.17) is 4.74 Å². The summed E-state index contributed by atoms with van der Waals surface area (Å²) in [6, 6.07) is 10.3. The molecule has 188 valence electrons. The minimum atomic E-state index is -0.500. The van der Waals surface area contributed by atoms with Crippen molar-refractivity contribution in [3.05, 3.63) is 69.6 Å². The maximum absolute atomic E-state index is 13.4. The SMILES string of the molecule is COCCn1cc(C(=O)NCC2(c3ccccc3)CCCC2)c(=O)c(C(=O)N2CCC[C@@H](C)C2)c1. The summed E-state index contributed by atoms with van der Waals surface area (Å²) >= 11 is 0. The van der Waals surface area contributed by atoms with E-state index in [1.165, 1.54) is 5.56 Å². The van der Waals surface area contributed by atoms with E-state index in [1.54, 1.807) is 29.0 Å². The van der Waals surface area contributed by atoms with Crippen LogP contribution in [0, 0.1) is 5.92 Å². The summed E-state index contributed by atoms with van der Waals surface area (Å²) in [5.74, 6) is -0.320. The van der Waals surface area contributed by atoms with Crippen LogP contribution in [0.1, 0.15) is 71.7 Å². The van der Waals surface area contributed by atoms with Crippen LogP contribution in [0.2, 0.25) is 0 Å². The van der Waals surface area contributed by atoms with Crippen molar-refractivity contribution >= 4 is 11.8 Å². The van der Waals surface area contributed by atoms with E-state index in [1.807, 2.05) is 18.2 Å². The van der Waals surface area contributed by atoms with Gasteiger partial charge in [-0.1, -0.05) is 50.1 Å². The second-order valence-electron chi connectivity index (χ2n) is 10.2. The number of carbonyl (C=O) groups is 2. The zero-order valence-corrected chi connectivity index (χ0v) is 20.9. The van der Waals surface area contributed by atoms with Crippen LogP contribution in [0.3, 0.4) is 0 Å². The zero-order chi connectivity index (χ0) is 24.8. The summed E-state index contributed by atoms with van der Waals surface area (Å²) < 4.78 is 6.91. The first-order chi connectivity index (χ1) is 16.9. The molecule has 1 saturated carbocycles. The van der Waals surface area contributed by atoms with Crippen LogP contribution in [-0.4, -0.2) is 54.6 Å². The highest BCUT2D eigenvalue weighted by Gasteiger charge is 2.36. The number of methoxy groups -OCH3 is 1. The first-order valence-corrected chi connectivity index (χ1v) is 12.8. The first kappa shape index (κ1) is 25.2. The fourth-order valence-corrected chi connectivity index (χ4v) is 5.57. The number of carbonyl (C=O) groups excluding carboxylic acids is 2. The molecule has 1 aliphatic carbocycles. The van der Waals surface area contributed by atoms with Gasteiger partial charge in [-0.15, -0.1) is 0 Å². The smallest absolute Gasteiger partial charge is 0.259 e. The molecule has 1 saturated heterocycles. The predicted molar refractivity (Wildman–Crippen MR) is 136 cm³/mol. The lowest BCUT2D eigenvalue weighted by atomic mass is 9.79. The van der Waals surface area contributed by atoms with Gasteiger partial charge >= 0.3 is 0 Å². The third-order valence-corrected chi connectivity index (χ3v) is 7.59. The lowest BCUT2D eigenvalue weighted by molar-refractivity contribution is 0.0680. The molecule has 7 heteroatoms. The van der Waals surface area contributed by atoms with Crippen molar-refractivity contribution in [1.82, 2.24) is 14.8 Å². The van der Waals surface area contributed by atoms with Crippen LogP contribution in [0.5, 0.6) is 0 Å². The molecule has 1 aromatic heterocycles. The molecule has 0 spiro atoms. The Bertz CT molecular complexity index is 1090. The van der Waals surface area contributed by atoms with Crippen LogP contribution in [-0.2, 0) is 16.7 Å². The van der Waals surface area contributed by atoms with Crippen LogP contribution < -0.4 is 10.7 Å². The summed E-state index contributed by atoms with van der Waals surface area (Å²) in [4.78, 5) is 41.8. The lowest BCUT2D eigenvalue weighted by Crippen LogP contribution is -2.43. The number of hydrogen-bond donors (Lipinski definition) is 1. The van der Waals surface area contributed by atoms with E-state index in [2.05, 4.69) is 24.4 Å². The van der Waals surface area contributed by atoms with E-state index < -0.39 is 11.3 Å².